The van der Waals surface area contributed by atoms with Gasteiger partial charge in [0.05, 0.1) is 12.2 Å². The Bertz CT molecular complexity index is 453. The Morgan fingerprint density at radius 2 is 2.19 bits per heavy atom. The summed E-state index contributed by atoms with van der Waals surface area (Å²) in [6, 6.07) is -0.00938. The molecule has 1 aromatic heterocycles. The summed E-state index contributed by atoms with van der Waals surface area (Å²) in [4.78, 5) is 14.4. The highest BCUT2D eigenvalue weighted by atomic mass is 16.2. The lowest BCUT2D eigenvalue weighted by Gasteiger charge is -2.32. The van der Waals surface area contributed by atoms with Crippen LogP contribution in [0.15, 0.2) is 12.4 Å². The van der Waals surface area contributed by atoms with Crippen molar-refractivity contribution in [1.29, 1.82) is 0 Å². The number of likely N-dealkylation sites (N-methyl/N-ethyl adjacent to an activating group) is 1. The van der Waals surface area contributed by atoms with Gasteiger partial charge in [0.2, 0.25) is 5.91 Å². The molecular weight excluding hydrogens is 264 g/mol. The van der Waals surface area contributed by atoms with Crippen molar-refractivity contribution < 1.29 is 4.79 Å². The molecule has 5 nitrogen and oxygen atoms in total. The molecule has 1 aliphatic rings. The summed E-state index contributed by atoms with van der Waals surface area (Å²) in [7, 11) is 0. The van der Waals surface area contributed by atoms with E-state index in [1.54, 1.807) is 0 Å². The zero-order valence-corrected chi connectivity index (χ0v) is 13.5. The Hall–Kier alpha value is -1.36. The molecule has 2 unspecified atom stereocenters. The third-order valence-electron chi connectivity index (χ3n) is 4.42. The van der Waals surface area contributed by atoms with Crippen molar-refractivity contribution in [2.45, 2.75) is 52.6 Å². The molecular formula is C16H28N4O. The van der Waals surface area contributed by atoms with Crippen molar-refractivity contribution in [3.63, 3.8) is 0 Å². The van der Waals surface area contributed by atoms with Crippen LogP contribution in [0.2, 0.25) is 0 Å². The van der Waals surface area contributed by atoms with E-state index in [1.165, 1.54) is 5.56 Å². The summed E-state index contributed by atoms with van der Waals surface area (Å²) in [6.07, 6.45) is 7.20. The fourth-order valence-corrected chi connectivity index (χ4v) is 3.14. The fourth-order valence-electron chi connectivity index (χ4n) is 3.14. The molecule has 21 heavy (non-hydrogen) atoms. The molecule has 2 atom stereocenters. The van der Waals surface area contributed by atoms with Crippen molar-refractivity contribution in [2.75, 3.05) is 19.6 Å². The van der Waals surface area contributed by atoms with E-state index >= 15 is 0 Å². The van der Waals surface area contributed by atoms with E-state index in [1.807, 2.05) is 29.6 Å². The van der Waals surface area contributed by atoms with Crippen LogP contribution in [-0.4, -0.2) is 46.3 Å². The molecule has 0 saturated carbocycles. The van der Waals surface area contributed by atoms with Gasteiger partial charge in [0.15, 0.2) is 0 Å². The number of amides is 1. The Kier molecular flexibility index (Phi) is 5.79. The summed E-state index contributed by atoms with van der Waals surface area (Å²) in [5, 5.41) is 7.72. The van der Waals surface area contributed by atoms with Crippen molar-refractivity contribution in [1.82, 2.24) is 20.0 Å². The summed E-state index contributed by atoms with van der Waals surface area (Å²) >= 11 is 0. The fraction of sp³-hybridized carbons (Fsp3) is 0.750. The second-order valence-corrected chi connectivity index (χ2v) is 5.82. The number of rotatable bonds is 6. The van der Waals surface area contributed by atoms with Gasteiger partial charge in [-0.25, -0.2) is 0 Å². The Balaban J connectivity index is 1.92. The van der Waals surface area contributed by atoms with E-state index in [-0.39, 0.29) is 11.9 Å². The zero-order chi connectivity index (χ0) is 15.2. The first-order valence-electron chi connectivity index (χ1n) is 8.21. The zero-order valence-electron chi connectivity index (χ0n) is 13.5. The van der Waals surface area contributed by atoms with Gasteiger partial charge in [0.1, 0.15) is 0 Å². The average molecular weight is 292 g/mol. The van der Waals surface area contributed by atoms with Crippen molar-refractivity contribution >= 4 is 5.91 Å². The van der Waals surface area contributed by atoms with Gasteiger partial charge in [-0.1, -0.05) is 0 Å². The number of carbonyl (C=O) groups is 1. The molecule has 0 radical (unpaired) electrons. The van der Waals surface area contributed by atoms with Crippen LogP contribution >= 0.6 is 0 Å². The minimum atomic E-state index is -0.00938. The summed E-state index contributed by atoms with van der Waals surface area (Å²) in [6.45, 7) is 9.62. The minimum Gasteiger partial charge on any atom is -0.342 e. The lowest BCUT2D eigenvalue weighted by molar-refractivity contribution is -0.134. The smallest absolute Gasteiger partial charge is 0.239 e. The van der Waals surface area contributed by atoms with Crippen molar-refractivity contribution in [3.8, 4) is 0 Å². The molecule has 2 rings (SSSR count). The first-order chi connectivity index (χ1) is 10.2. The van der Waals surface area contributed by atoms with E-state index in [4.69, 9.17) is 0 Å². The van der Waals surface area contributed by atoms with E-state index < -0.39 is 0 Å². The maximum atomic E-state index is 12.5. The normalized spacial score (nSPS) is 22.2. The highest BCUT2D eigenvalue weighted by Gasteiger charge is 2.29. The molecule has 0 spiro atoms. The summed E-state index contributed by atoms with van der Waals surface area (Å²) in [5.74, 6) is 0.833. The third-order valence-corrected chi connectivity index (χ3v) is 4.42. The lowest BCUT2D eigenvalue weighted by Crippen LogP contribution is -2.50. The van der Waals surface area contributed by atoms with Crippen LogP contribution in [0.5, 0.6) is 0 Å². The van der Waals surface area contributed by atoms with Crippen LogP contribution in [-0.2, 0) is 17.8 Å². The van der Waals surface area contributed by atoms with Crippen molar-refractivity contribution in [3.05, 3.63) is 18.0 Å². The monoisotopic (exact) mass is 292 g/mol. The molecule has 1 saturated heterocycles. The number of aromatic nitrogens is 2. The number of piperidine rings is 1. The molecule has 5 heteroatoms. The highest BCUT2D eigenvalue weighted by Crippen LogP contribution is 2.22. The Morgan fingerprint density at radius 3 is 2.81 bits per heavy atom. The average Bonchev–Trinajstić information content (AvgIpc) is 2.96. The van der Waals surface area contributed by atoms with Gasteiger partial charge in [0.25, 0.3) is 0 Å². The Labute approximate surface area is 127 Å². The number of hydrogen-bond donors (Lipinski definition) is 1. The molecule has 1 aromatic rings. The number of carbonyl (C=O) groups excluding carboxylic acids is 1. The SMILES string of the molecule is CCN(CC)C(=O)C1CC(Cc2cnn(CC)c2)CCN1. The van der Waals surface area contributed by atoms with Gasteiger partial charge >= 0.3 is 0 Å². The molecule has 1 amide bonds. The summed E-state index contributed by atoms with van der Waals surface area (Å²) < 4.78 is 1.97. The van der Waals surface area contributed by atoms with Crippen LogP contribution in [0.3, 0.4) is 0 Å². The topological polar surface area (TPSA) is 50.2 Å². The van der Waals surface area contributed by atoms with Crippen LogP contribution < -0.4 is 5.32 Å². The first-order valence-corrected chi connectivity index (χ1v) is 8.21. The van der Waals surface area contributed by atoms with E-state index in [0.29, 0.717) is 5.92 Å². The second kappa shape index (κ2) is 7.59. The Morgan fingerprint density at radius 1 is 1.43 bits per heavy atom. The van der Waals surface area contributed by atoms with E-state index in [0.717, 1.165) is 45.4 Å². The number of nitrogens with one attached hydrogen (secondary N) is 1. The van der Waals surface area contributed by atoms with Crippen LogP contribution in [0.1, 0.15) is 39.2 Å². The number of aryl methyl sites for hydroxylation is 1. The van der Waals surface area contributed by atoms with Gasteiger partial charge < -0.3 is 10.2 Å². The largest absolute Gasteiger partial charge is 0.342 e. The molecule has 2 heterocycles. The molecule has 1 fully saturated rings. The second-order valence-electron chi connectivity index (χ2n) is 5.82. The molecule has 0 aliphatic carbocycles. The van der Waals surface area contributed by atoms with Gasteiger partial charge in [-0.15, -0.1) is 0 Å². The first kappa shape index (κ1) is 16.0. The van der Waals surface area contributed by atoms with Crippen molar-refractivity contribution in [2.24, 2.45) is 5.92 Å². The molecule has 0 bridgehead atoms. The maximum Gasteiger partial charge on any atom is 0.239 e. The quantitative estimate of drug-likeness (QED) is 0.868. The van der Waals surface area contributed by atoms with Gasteiger partial charge in [-0.3, -0.25) is 9.48 Å². The predicted molar refractivity (Wildman–Crippen MR) is 84.0 cm³/mol. The van der Waals surface area contributed by atoms with Gasteiger partial charge in [-0.2, -0.15) is 5.10 Å². The lowest BCUT2D eigenvalue weighted by atomic mass is 9.87. The van der Waals surface area contributed by atoms with Gasteiger partial charge in [-0.05, 0) is 58.1 Å². The molecule has 0 aromatic carbocycles. The van der Waals surface area contributed by atoms with Crippen LogP contribution in [0.4, 0.5) is 0 Å². The summed E-state index contributed by atoms with van der Waals surface area (Å²) in [5.41, 5.74) is 1.29. The number of hydrogen-bond acceptors (Lipinski definition) is 3. The maximum absolute atomic E-state index is 12.5. The number of nitrogens with zero attached hydrogens (tertiary/aromatic N) is 3. The molecule has 118 valence electrons. The highest BCUT2D eigenvalue weighted by molar-refractivity contribution is 5.82. The molecule has 1 aliphatic heterocycles. The van der Waals surface area contributed by atoms with E-state index in [9.17, 15) is 4.79 Å². The van der Waals surface area contributed by atoms with Gasteiger partial charge in [0, 0.05) is 25.8 Å². The van der Waals surface area contributed by atoms with Crippen LogP contribution in [0, 0.1) is 5.92 Å². The van der Waals surface area contributed by atoms with Crippen LogP contribution in [0.25, 0.3) is 0 Å². The minimum absolute atomic E-state index is 0.00938. The molecule has 1 N–H and O–H groups in total. The standard InChI is InChI=1S/C16H28N4O/c1-4-19(5-2)16(21)15-10-13(7-8-17-15)9-14-11-18-20(6-3)12-14/h11-13,15,17H,4-10H2,1-3H3. The third kappa shape index (κ3) is 4.06. The van der Waals surface area contributed by atoms with E-state index in [2.05, 4.69) is 23.5 Å². The predicted octanol–water partition coefficient (Wildman–Crippen LogP) is 1.68.